The van der Waals surface area contributed by atoms with Crippen molar-refractivity contribution < 1.29 is 4.79 Å². The Morgan fingerprint density at radius 1 is 0.750 bits per heavy atom. The van der Waals surface area contributed by atoms with Crippen molar-refractivity contribution in [3.05, 3.63) is 73.8 Å². The van der Waals surface area contributed by atoms with Crippen LogP contribution in [0.25, 0.3) is 11.3 Å². The molecule has 13 heteroatoms. The van der Waals surface area contributed by atoms with E-state index < -0.39 is 0 Å². The zero-order valence-electron chi connectivity index (χ0n) is 26.3. The molecule has 0 saturated heterocycles. The van der Waals surface area contributed by atoms with Crippen LogP contribution in [0.3, 0.4) is 0 Å². The van der Waals surface area contributed by atoms with Crippen LogP contribution in [0.1, 0.15) is 77.7 Å². The molecule has 0 bridgehead atoms. The van der Waals surface area contributed by atoms with E-state index in [2.05, 4.69) is 119 Å². The van der Waals surface area contributed by atoms with E-state index in [4.69, 9.17) is 10.7 Å². The highest BCUT2D eigenvalue weighted by Gasteiger charge is 2.28. The molecular weight excluding hydrogens is 754 g/mol. The van der Waals surface area contributed by atoms with Crippen molar-refractivity contribution in [2.45, 2.75) is 80.6 Å². The number of hydrogen-bond acceptors (Lipinski definition) is 8. The number of halogens is 3. The Bertz CT molecular complexity index is 1670. The molecule has 10 nitrogen and oxygen atoms in total. The maximum absolute atomic E-state index is 10.6. The molecule has 2 N–H and O–H groups in total. The van der Waals surface area contributed by atoms with Gasteiger partial charge < -0.3 is 10.5 Å². The molecule has 0 fully saturated rings. The average Bonchev–Trinajstić information content (AvgIpc) is 3.46. The van der Waals surface area contributed by atoms with Gasteiger partial charge in [-0.15, -0.1) is 0 Å². The first-order chi connectivity index (χ1) is 20.7. The van der Waals surface area contributed by atoms with Gasteiger partial charge in [-0.05, 0) is 84.3 Å². The first-order valence-corrected chi connectivity index (χ1v) is 16.7. The van der Waals surface area contributed by atoms with Crippen molar-refractivity contribution in [1.82, 2.24) is 38.7 Å². The zero-order chi connectivity index (χ0) is 32.7. The van der Waals surface area contributed by atoms with E-state index in [9.17, 15) is 4.79 Å². The van der Waals surface area contributed by atoms with Crippen LogP contribution in [0.15, 0.2) is 51.0 Å². The van der Waals surface area contributed by atoms with E-state index in [1.165, 1.54) is 24.0 Å². The van der Waals surface area contributed by atoms with Gasteiger partial charge in [-0.2, -0.15) is 0 Å². The monoisotopic (exact) mass is 791 g/mol. The number of nitrogen functional groups attached to an aromatic ring is 1. The van der Waals surface area contributed by atoms with Crippen LogP contribution in [0, 0.1) is 10.8 Å². The number of aldehydes is 1. The molecule has 0 aromatic carbocycles. The number of fused-ring (bicyclic) bond motifs is 2. The number of hydrogen-bond donors (Lipinski definition) is 1. The molecule has 0 aliphatic rings. The summed E-state index contributed by atoms with van der Waals surface area (Å²) in [6, 6.07) is 0. The highest BCUT2D eigenvalue weighted by atomic mass is 79.9. The van der Waals surface area contributed by atoms with Gasteiger partial charge in [0.2, 0.25) is 0 Å². The summed E-state index contributed by atoms with van der Waals surface area (Å²) in [5, 5.41) is 0. The predicted octanol–water partition coefficient (Wildman–Crippen LogP) is 7.68. The maximum atomic E-state index is 10.6. The van der Waals surface area contributed by atoms with Gasteiger partial charge in [-0.1, -0.05) is 48.5 Å². The molecule has 0 amide bonds. The summed E-state index contributed by atoms with van der Waals surface area (Å²) in [5.74, 6) is 0.438. The number of imidazole rings is 2. The Balaban J connectivity index is 0.000000199. The fourth-order valence-electron chi connectivity index (χ4n) is 5.38. The summed E-state index contributed by atoms with van der Waals surface area (Å²) in [6.07, 6.45) is 15.7. The topological polar surface area (TPSA) is 129 Å². The second-order valence-electron chi connectivity index (χ2n) is 12.3. The Kier molecular flexibility index (Phi) is 12.6. The maximum Gasteiger partial charge on any atom is 0.155 e. The number of nitrogens with two attached hydrogens (primary N) is 1. The number of nitrogens with zero attached hydrogens (tertiary/aromatic N) is 8. The van der Waals surface area contributed by atoms with Gasteiger partial charge in [-0.3, -0.25) is 8.80 Å². The molecule has 0 aliphatic heterocycles. The number of aryl methyl sites for hydroxylation is 2. The third kappa shape index (κ3) is 10.1. The second-order valence-corrected chi connectivity index (χ2v) is 14.7. The quantitative estimate of drug-likeness (QED) is 0.166. The molecule has 0 unspecified atom stereocenters. The normalized spacial score (nSPS) is 11.6. The Hall–Kier alpha value is -2.77. The minimum atomic E-state index is 0.244. The predicted molar refractivity (Wildman–Crippen MR) is 186 cm³/mol. The van der Waals surface area contributed by atoms with Crippen LogP contribution < -0.4 is 5.73 Å². The molecule has 0 atom stereocenters. The van der Waals surface area contributed by atoms with E-state index in [0.29, 0.717) is 22.3 Å². The third-order valence-electron chi connectivity index (χ3n) is 6.56. The second kappa shape index (κ2) is 15.5. The summed E-state index contributed by atoms with van der Waals surface area (Å²) < 4.78 is 6.39. The van der Waals surface area contributed by atoms with Crippen LogP contribution in [-0.2, 0) is 30.5 Å². The van der Waals surface area contributed by atoms with Gasteiger partial charge in [0, 0.05) is 24.5 Å². The lowest BCUT2D eigenvalue weighted by Crippen LogP contribution is -2.24. The highest BCUT2D eigenvalue weighted by molar-refractivity contribution is 9.11. The van der Waals surface area contributed by atoms with Crippen molar-refractivity contribution in [1.29, 1.82) is 0 Å². The summed E-state index contributed by atoms with van der Waals surface area (Å²) in [4.78, 5) is 35.7. The molecule has 5 rings (SSSR count). The zero-order valence-corrected chi connectivity index (χ0v) is 31.0. The summed E-state index contributed by atoms with van der Waals surface area (Å²) in [7, 11) is 0. The molecule has 5 aromatic rings. The summed E-state index contributed by atoms with van der Waals surface area (Å²) in [6.45, 7) is 15.8. The lowest BCUT2D eigenvalue weighted by atomic mass is 9.73. The number of rotatable bonds is 7. The van der Waals surface area contributed by atoms with Crippen LogP contribution in [-0.4, -0.2) is 45.0 Å². The van der Waals surface area contributed by atoms with E-state index in [1.54, 1.807) is 12.4 Å². The van der Waals surface area contributed by atoms with E-state index in [1.807, 2.05) is 29.9 Å². The standard InChI is InChI=1S/C17H26BrN3.C10H10BrN3O.C4H4BrN3/c1-7-12-13(8-17(5,6)11-16(2,3)4)21-10-14(18)19-9-15(21)20-12;1-2-7-8(3-4-15)14-6-9(11)12-5-10(14)13-7;5-3-1-8-4(6)2-7-3/h9-10H,7-8,11H2,1-6H3;4-6H,2-3H2,1H3;1-2H,(H2,6,8). The lowest BCUT2D eigenvalue weighted by Gasteiger charge is -2.32. The van der Waals surface area contributed by atoms with Crippen LogP contribution in [0.5, 0.6) is 0 Å². The smallest absolute Gasteiger partial charge is 0.155 e. The van der Waals surface area contributed by atoms with E-state index >= 15 is 0 Å². The molecular formula is C31H40Br3N9O. The molecule has 236 valence electrons. The molecule has 0 saturated carbocycles. The number of aromatic nitrogens is 8. The van der Waals surface area contributed by atoms with Gasteiger partial charge in [0.15, 0.2) is 11.3 Å². The Morgan fingerprint density at radius 2 is 1.25 bits per heavy atom. The minimum absolute atomic E-state index is 0.244. The molecule has 0 spiro atoms. The number of carbonyl (C=O) groups is 1. The molecule has 0 aliphatic carbocycles. The largest absolute Gasteiger partial charge is 0.382 e. The minimum Gasteiger partial charge on any atom is -0.382 e. The van der Waals surface area contributed by atoms with Crippen LogP contribution in [0.4, 0.5) is 5.82 Å². The summed E-state index contributed by atoms with van der Waals surface area (Å²) in [5.41, 5.74) is 12.0. The first kappa shape index (κ1) is 35.7. The van der Waals surface area contributed by atoms with Crippen LogP contribution >= 0.6 is 47.8 Å². The Labute approximate surface area is 284 Å². The van der Waals surface area contributed by atoms with Crippen molar-refractivity contribution in [3.8, 4) is 0 Å². The molecule has 5 aromatic heterocycles. The van der Waals surface area contributed by atoms with Gasteiger partial charge in [-0.25, -0.2) is 29.9 Å². The van der Waals surface area contributed by atoms with Gasteiger partial charge in [0.1, 0.15) is 25.9 Å². The van der Waals surface area contributed by atoms with Gasteiger partial charge in [0.25, 0.3) is 0 Å². The van der Waals surface area contributed by atoms with E-state index in [-0.39, 0.29) is 5.41 Å². The summed E-state index contributed by atoms with van der Waals surface area (Å²) >= 11 is 9.88. The average molecular weight is 794 g/mol. The highest BCUT2D eigenvalue weighted by Crippen LogP contribution is 2.36. The molecule has 0 radical (unpaired) electrons. The fraction of sp³-hybridized carbons (Fsp3) is 0.452. The van der Waals surface area contributed by atoms with Gasteiger partial charge >= 0.3 is 0 Å². The third-order valence-corrected chi connectivity index (χ3v) is 7.79. The number of anilines is 1. The Morgan fingerprint density at radius 3 is 1.68 bits per heavy atom. The number of carbonyl (C=O) groups excluding carboxylic acids is 1. The van der Waals surface area contributed by atoms with Crippen molar-refractivity contribution in [2.75, 3.05) is 5.73 Å². The van der Waals surface area contributed by atoms with E-state index in [0.717, 1.165) is 57.4 Å². The molecule has 5 heterocycles. The SMILES string of the molecule is CCc1nc2cnc(Br)cn2c1CC(C)(C)CC(C)(C)C.CCc1nc2cnc(Br)cn2c1CC=O.Nc1cnc(Br)cn1. The van der Waals surface area contributed by atoms with Gasteiger partial charge in [0.05, 0.1) is 41.9 Å². The van der Waals surface area contributed by atoms with Crippen molar-refractivity contribution in [3.63, 3.8) is 0 Å². The van der Waals surface area contributed by atoms with Crippen molar-refractivity contribution in [2.24, 2.45) is 10.8 Å². The van der Waals surface area contributed by atoms with Crippen LogP contribution in [0.2, 0.25) is 0 Å². The fourth-order valence-corrected chi connectivity index (χ4v) is 6.20. The first-order valence-electron chi connectivity index (χ1n) is 14.4. The molecule has 44 heavy (non-hydrogen) atoms. The lowest BCUT2D eigenvalue weighted by molar-refractivity contribution is -0.107. The van der Waals surface area contributed by atoms with Crippen molar-refractivity contribution >= 4 is 71.2 Å².